The van der Waals surface area contributed by atoms with Gasteiger partial charge in [-0.1, -0.05) is 48.5 Å². The number of aryl methyl sites for hydroxylation is 2. The maximum atomic E-state index is 13.6. The van der Waals surface area contributed by atoms with Gasteiger partial charge in [0.15, 0.2) is 5.54 Å². The zero-order valence-electron chi connectivity index (χ0n) is 18.1. The van der Waals surface area contributed by atoms with Gasteiger partial charge < -0.3 is 15.5 Å². The summed E-state index contributed by atoms with van der Waals surface area (Å²) in [4.78, 5) is 52.7. The molecule has 0 saturated carbocycles. The van der Waals surface area contributed by atoms with Gasteiger partial charge in [-0.15, -0.1) is 0 Å². The van der Waals surface area contributed by atoms with Crippen molar-refractivity contribution in [1.29, 1.82) is 0 Å². The fourth-order valence-electron chi connectivity index (χ4n) is 3.47. The second-order valence-corrected chi connectivity index (χ2v) is 7.80. The van der Waals surface area contributed by atoms with Crippen LogP contribution in [0.1, 0.15) is 22.3 Å². The van der Waals surface area contributed by atoms with Crippen molar-refractivity contribution >= 4 is 23.8 Å². The molecular weight excluding hydrogens is 396 g/mol. The summed E-state index contributed by atoms with van der Waals surface area (Å²) in [5.41, 5.74) is 1.82. The van der Waals surface area contributed by atoms with Gasteiger partial charge >= 0.3 is 6.03 Å². The monoisotopic (exact) mass is 422 g/mol. The fourth-order valence-corrected chi connectivity index (χ4v) is 3.47. The SMILES string of the molecule is Cc1ccc([C@]2(c3ccccc3)NC(=O)N(CC(=O)NCC(=O)N(C)C)C2=O)cc1C. The summed E-state index contributed by atoms with van der Waals surface area (Å²) in [5.74, 6) is -1.43. The number of hydrogen-bond acceptors (Lipinski definition) is 4. The molecule has 5 amide bonds. The molecule has 162 valence electrons. The lowest BCUT2D eigenvalue weighted by molar-refractivity contribution is -0.135. The van der Waals surface area contributed by atoms with Crippen molar-refractivity contribution in [3.05, 3.63) is 70.8 Å². The highest BCUT2D eigenvalue weighted by Crippen LogP contribution is 2.36. The molecule has 1 aliphatic heterocycles. The standard InChI is InChI=1S/C23H26N4O4/c1-15-10-11-18(12-16(15)2)23(17-8-6-5-7-9-17)21(30)27(22(31)25-23)14-19(28)24-13-20(29)26(3)4/h5-12H,13-14H2,1-4H3,(H,24,28)(H,25,31)/t23-/m0/s1. The van der Waals surface area contributed by atoms with Gasteiger partial charge in [-0.2, -0.15) is 0 Å². The van der Waals surface area contributed by atoms with Crippen LogP contribution in [-0.4, -0.2) is 60.7 Å². The largest absolute Gasteiger partial charge is 0.347 e. The molecule has 2 aromatic rings. The number of imide groups is 1. The highest BCUT2D eigenvalue weighted by atomic mass is 16.2. The van der Waals surface area contributed by atoms with Crippen LogP contribution in [0.15, 0.2) is 48.5 Å². The summed E-state index contributed by atoms with van der Waals surface area (Å²) < 4.78 is 0. The Morgan fingerprint density at radius 3 is 2.29 bits per heavy atom. The molecule has 8 heteroatoms. The molecule has 0 unspecified atom stereocenters. The molecule has 0 radical (unpaired) electrons. The molecule has 0 bridgehead atoms. The second kappa shape index (κ2) is 8.59. The van der Waals surface area contributed by atoms with Gasteiger partial charge in [-0.3, -0.25) is 19.3 Å². The predicted octanol–water partition coefficient (Wildman–Crippen LogP) is 1.30. The number of carbonyl (C=O) groups is 4. The van der Waals surface area contributed by atoms with Crippen LogP contribution in [0.5, 0.6) is 0 Å². The van der Waals surface area contributed by atoms with Gasteiger partial charge in [-0.05, 0) is 36.1 Å². The van der Waals surface area contributed by atoms with Crippen molar-refractivity contribution in [1.82, 2.24) is 20.4 Å². The van der Waals surface area contributed by atoms with Crippen LogP contribution in [0, 0.1) is 13.8 Å². The third kappa shape index (κ3) is 4.14. The molecule has 3 rings (SSSR count). The number of nitrogens with zero attached hydrogens (tertiary/aromatic N) is 2. The van der Waals surface area contributed by atoms with E-state index in [1.165, 1.54) is 4.90 Å². The van der Waals surface area contributed by atoms with Crippen molar-refractivity contribution in [3.63, 3.8) is 0 Å². The van der Waals surface area contributed by atoms with E-state index < -0.39 is 29.9 Å². The number of urea groups is 1. The highest BCUT2D eigenvalue weighted by molar-refractivity contribution is 6.11. The van der Waals surface area contributed by atoms with E-state index in [1.807, 2.05) is 38.1 Å². The lowest BCUT2D eigenvalue weighted by Gasteiger charge is -2.28. The van der Waals surface area contributed by atoms with Crippen LogP contribution in [-0.2, 0) is 19.9 Å². The Kier molecular flexibility index (Phi) is 6.10. The molecule has 2 aromatic carbocycles. The average molecular weight is 422 g/mol. The number of amides is 5. The summed E-state index contributed by atoms with van der Waals surface area (Å²) in [5, 5.41) is 5.27. The summed E-state index contributed by atoms with van der Waals surface area (Å²) in [7, 11) is 3.15. The zero-order valence-corrected chi connectivity index (χ0v) is 18.1. The van der Waals surface area contributed by atoms with E-state index in [9.17, 15) is 19.2 Å². The third-order valence-electron chi connectivity index (χ3n) is 5.49. The molecular formula is C23H26N4O4. The number of rotatable bonds is 6. The van der Waals surface area contributed by atoms with Crippen LogP contribution in [0.25, 0.3) is 0 Å². The third-order valence-corrected chi connectivity index (χ3v) is 5.49. The number of nitrogens with one attached hydrogen (secondary N) is 2. The van der Waals surface area contributed by atoms with E-state index in [2.05, 4.69) is 10.6 Å². The van der Waals surface area contributed by atoms with Gasteiger partial charge in [0.2, 0.25) is 11.8 Å². The van der Waals surface area contributed by atoms with Crippen LogP contribution >= 0.6 is 0 Å². The van der Waals surface area contributed by atoms with Gasteiger partial charge in [0.1, 0.15) is 6.54 Å². The number of hydrogen-bond donors (Lipinski definition) is 2. The van der Waals surface area contributed by atoms with E-state index in [-0.39, 0.29) is 12.5 Å². The van der Waals surface area contributed by atoms with Gasteiger partial charge in [0.05, 0.1) is 6.54 Å². The Morgan fingerprint density at radius 2 is 1.68 bits per heavy atom. The van der Waals surface area contributed by atoms with Crippen molar-refractivity contribution in [3.8, 4) is 0 Å². The Hall–Kier alpha value is -3.68. The molecule has 0 aromatic heterocycles. The minimum atomic E-state index is -1.43. The molecule has 8 nitrogen and oxygen atoms in total. The molecule has 31 heavy (non-hydrogen) atoms. The first kappa shape index (κ1) is 22.0. The van der Waals surface area contributed by atoms with Gasteiger partial charge in [-0.25, -0.2) is 4.79 Å². The van der Waals surface area contributed by atoms with Crippen molar-refractivity contribution < 1.29 is 19.2 Å². The zero-order chi connectivity index (χ0) is 22.8. The van der Waals surface area contributed by atoms with Gasteiger partial charge in [0.25, 0.3) is 5.91 Å². The van der Waals surface area contributed by atoms with Crippen molar-refractivity contribution in [2.45, 2.75) is 19.4 Å². The molecule has 1 fully saturated rings. The molecule has 1 saturated heterocycles. The van der Waals surface area contributed by atoms with Crippen LogP contribution < -0.4 is 10.6 Å². The lowest BCUT2D eigenvalue weighted by atomic mass is 9.81. The molecule has 0 spiro atoms. The maximum Gasteiger partial charge on any atom is 0.326 e. The van der Waals surface area contributed by atoms with Crippen molar-refractivity contribution in [2.24, 2.45) is 0 Å². The Labute approximate surface area is 181 Å². The minimum absolute atomic E-state index is 0.212. The summed E-state index contributed by atoms with van der Waals surface area (Å²) in [6, 6.07) is 13.9. The Balaban J connectivity index is 1.94. The smallest absolute Gasteiger partial charge is 0.326 e. The van der Waals surface area contributed by atoms with E-state index in [0.717, 1.165) is 16.0 Å². The van der Waals surface area contributed by atoms with Gasteiger partial charge in [0, 0.05) is 14.1 Å². The number of likely N-dealkylation sites (N-methyl/N-ethyl adjacent to an activating group) is 1. The topological polar surface area (TPSA) is 98.8 Å². The molecule has 1 heterocycles. The molecule has 0 aliphatic carbocycles. The fraction of sp³-hybridized carbons (Fsp3) is 0.304. The summed E-state index contributed by atoms with van der Waals surface area (Å²) >= 11 is 0. The maximum absolute atomic E-state index is 13.6. The average Bonchev–Trinajstić information content (AvgIpc) is 3.00. The summed E-state index contributed by atoms with van der Waals surface area (Å²) in [6.45, 7) is 3.21. The minimum Gasteiger partial charge on any atom is -0.347 e. The Morgan fingerprint density at radius 1 is 1.00 bits per heavy atom. The first-order valence-corrected chi connectivity index (χ1v) is 9.91. The van der Waals surface area contributed by atoms with Crippen LogP contribution in [0.3, 0.4) is 0 Å². The number of carbonyl (C=O) groups excluding carboxylic acids is 4. The lowest BCUT2D eigenvalue weighted by Crippen LogP contribution is -2.46. The number of benzene rings is 2. The van der Waals surface area contributed by atoms with Crippen LogP contribution in [0.2, 0.25) is 0 Å². The van der Waals surface area contributed by atoms with E-state index in [4.69, 9.17) is 0 Å². The predicted molar refractivity (Wildman–Crippen MR) is 115 cm³/mol. The van der Waals surface area contributed by atoms with E-state index >= 15 is 0 Å². The van der Waals surface area contributed by atoms with E-state index in [1.54, 1.807) is 38.4 Å². The first-order chi connectivity index (χ1) is 14.7. The first-order valence-electron chi connectivity index (χ1n) is 9.91. The van der Waals surface area contributed by atoms with Crippen molar-refractivity contribution in [2.75, 3.05) is 27.2 Å². The summed E-state index contributed by atoms with van der Waals surface area (Å²) in [6.07, 6.45) is 0. The normalized spacial score (nSPS) is 18.0. The quantitative estimate of drug-likeness (QED) is 0.686. The second-order valence-electron chi connectivity index (χ2n) is 7.80. The highest BCUT2D eigenvalue weighted by Gasteiger charge is 2.54. The van der Waals surface area contributed by atoms with Crippen LogP contribution in [0.4, 0.5) is 4.79 Å². The molecule has 1 aliphatic rings. The molecule has 2 N–H and O–H groups in total. The Bertz CT molecular complexity index is 1040. The molecule has 1 atom stereocenters. The van der Waals surface area contributed by atoms with E-state index in [0.29, 0.717) is 11.1 Å².